The van der Waals surface area contributed by atoms with E-state index in [1.807, 2.05) is 0 Å². The summed E-state index contributed by atoms with van der Waals surface area (Å²) in [7, 11) is 2.23. The van der Waals surface area contributed by atoms with Crippen molar-refractivity contribution in [2.75, 3.05) is 26.7 Å². The van der Waals surface area contributed by atoms with Crippen LogP contribution in [0.2, 0.25) is 0 Å². The van der Waals surface area contributed by atoms with E-state index < -0.39 is 0 Å². The zero-order valence-electron chi connectivity index (χ0n) is 13.0. The lowest BCUT2D eigenvalue weighted by atomic mass is 9.75. The molecule has 1 aliphatic heterocycles. The molecule has 0 bridgehead atoms. The maximum Gasteiger partial charge on any atom is 0.00793 e. The summed E-state index contributed by atoms with van der Waals surface area (Å²) >= 11 is 0. The van der Waals surface area contributed by atoms with Gasteiger partial charge in [-0.3, -0.25) is 4.90 Å². The van der Waals surface area contributed by atoms with Gasteiger partial charge in [0.15, 0.2) is 0 Å². The van der Waals surface area contributed by atoms with E-state index in [0.29, 0.717) is 11.5 Å². The Bertz CT molecular complexity index is 224. The summed E-state index contributed by atoms with van der Waals surface area (Å²) in [6.07, 6.45) is 1.30. The third-order valence-corrected chi connectivity index (χ3v) is 4.54. The molecule has 2 nitrogen and oxygen atoms in total. The fourth-order valence-electron chi connectivity index (χ4n) is 2.25. The lowest BCUT2D eigenvalue weighted by Gasteiger charge is -2.49. The van der Waals surface area contributed by atoms with Crippen molar-refractivity contribution in [1.82, 2.24) is 9.80 Å². The number of likely N-dealkylation sites (tertiary alicyclic amines) is 1. The monoisotopic (exact) mass is 240 g/mol. The molecule has 17 heavy (non-hydrogen) atoms. The van der Waals surface area contributed by atoms with Gasteiger partial charge in [-0.05, 0) is 52.1 Å². The van der Waals surface area contributed by atoms with Crippen LogP contribution >= 0.6 is 0 Å². The maximum absolute atomic E-state index is 2.64. The molecule has 0 saturated carbocycles. The topological polar surface area (TPSA) is 6.48 Å². The fraction of sp³-hybridized carbons (Fsp3) is 1.00. The van der Waals surface area contributed by atoms with Crippen molar-refractivity contribution in [2.45, 2.75) is 60.0 Å². The highest BCUT2D eigenvalue weighted by Crippen LogP contribution is 2.34. The zero-order chi connectivity index (χ0) is 13.2. The van der Waals surface area contributed by atoms with E-state index in [4.69, 9.17) is 0 Å². The first-order chi connectivity index (χ1) is 7.71. The fourth-order valence-corrected chi connectivity index (χ4v) is 2.25. The molecule has 0 N–H and O–H groups in total. The zero-order valence-corrected chi connectivity index (χ0v) is 13.0. The molecule has 1 saturated heterocycles. The molecule has 0 aromatic rings. The van der Waals surface area contributed by atoms with Crippen LogP contribution < -0.4 is 0 Å². The van der Waals surface area contributed by atoms with Crippen LogP contribution in [0.4, 0.5) is 0 Å². The molecule has 1 rings (SSSR count). The molecule has 0 aliphatic carbocycles. The summed E-state index contributed by atoms with van der Waals surface area (Å²) in [5.74, 6) is 0.896. The molecule has 0 aromatic carbocycles. The van der Waals surface area contributed by atoms with Crippen LogP contribution in [-0.2, 0) is 0 Å². The molecule has 0 amide bonds. The van der Waals surface area contributed by atoms with Crippen LogP contribution in [0.5, 0.6) is 0 Å². The van der Waals surface area contributed by atoms with E-state index in [-0.39, 0.29) is 0 Å². The molecule has 0 spiro atoms. The predicted octanol–water partition coefficient (Wildman–Crippen LogP) is 3.08. The quantitative estimate of drug-likeness (QED) is 0.728. The first-order valence-electron chi connectivity index (χ1n) is 7.16. The van der Waals surface area contributed by atoms with E-state index in [0.717, 1.165) is 12.0 Å². The molecule has 102 valence electrons. The van der Waals surface area contributed by atoms with Crippen molar-refractivity contribution in [2.24, 2.45) is 11.3 Å². The largest absolute Gasteiger partial charge is 0.304 e. The summed E-state index contributed by atoms with van der Waals surface area (Å²) in [6.45, 7) is 17.8. The predicted molar refractivity (Wildman–Crippen MR) is 76.4 cm³/mol. The average molecular weight is 240 g/mol. The molecule has 2 heteroatoms. The van der Waals surface area contributed by atoms with Crippen molar-refractivity contribution < 1.29 is 0 Å². The summed E-state index contributed by atoms with van der Waals surface area (Å²) in [6, 6.07) is 1.41. The van der Waals surface area contributed by atoms with Crippen LogP contribution in [0.15, 0.2) is 0 Å². The number of hydrogen-bond acceptors (Lipinski definition) is 2. The van der Waals surface area contributed by atoms with Crippen LogP contribution in [0.25, 0.3) is 0 Å². The van der Waals surface area contributed by atoms with Crippen molar-refractivity contribution in [3.05, 3.63) is 0 Å². The molecular formula is C15H32N2. The highest BCUT2D eigenvalue weighted by Gasteiger charge is 2.37. The molecule has 1 unspecified atom stereocenters. The standard InChI is InChI=1S/C15H32N2/c1-12(2)16(7)9-8-13(3)17-10-14(11-17)15(4,5)6/h12-14H,8-11H2,1-7H3. The molecule has 1 aliphatic rings. The molecule has 0 aromatic heterocycles. The van der Waals surface area contributed by atoms with Crippen molar-refractivity contribution in [1.29, 1.82) is 0 Å². The minimum Gasteiger partial charge on any atom is -0.304 e. The van der Waals surface area contributed by atoms with Gasteiger partial charge in [0, 0.05) is 25.2 Å². The lowest BCUT2D eigenvalue weighted by molar-refractivity contribution is -0.00648. The van der Waals surface area contributed by atoms with Gasteiger partial charge < -0.3 is 4.90 Å². The Kier molecular flexibility index (Phi) is 5.03. The van der Waals surface area contributed by atoms with E-state index in [2.05, 4.69) is 58.4 Å². The second kappa shape index (κ2) is 5.71. The van der Waals surface area contributed by atoms with Gasteiger partial charge in [-0.25, -0.2) is 0 Å². The Morgan fingerprint density at radius 3 is 2.12 bits per heavy atom. The molecule has 1 heterocycles. The van der Waals surface area contributed by atoms with Gasteiger partial charge in [0.1, 0.15) is 0 Å². The van der Waals surface area contributed by atoms with Crippen molar-refractivity contribution >= 4 is 0 Å². The first kappa shape index (κ1) is 15.0. The first-order valence-corrected chi connectivity index (χ1v) is 7.16. The highest BCUT2D eigenvalue weighted by molar-refractivity contribution is 4.90. The molecule has 1 fully saturated rings. The smallest absolute Gasteiger partial charge is 0.00793 e. The van der Waals surface area contributed by atoms with Crippen LogP contribution in [0.3, 0.4) is 0 Å². The minimum absolute atomic E-state index is 0.491. The van der Waals surface area contributed by atoms with Crippen molar-refractivity contribution in [3.8, 4) is 0 Å². The Morgan fingerprint density at radius 1 is 1.18 bits per heavy atom. The Morgan fingerprint density at radius 2 is 1.71 bits per heavy atom. The number of rotatable bonds is 5. The van der Waals surface area contributed by atoms with Gasteiger partial charge in [0.25, 0.3) is 0 Å². The van der Waals surface area contributed by atoms with Gasteiger partial charge in [-0.15, -0.1) is 0 Å². The van der Waals surface area contributed by atoms with Crippen LogP contribution in [-0.4, -0.2) is 48.6 Å². The van der Waals surface area contributed by atoms with Gasteiger partial charge in [-0.2, -0.15) is 0 Å². The highest BCUT2D eigenvalue weighted by atomic mass is 15.2. The average Bonchev–Trinajstić information content (AvgIpc) is 2.08. The Balaban J connectivity index is 2.21. The third-order valence-electron chi connectivity index (χ3n) is 4.54. The second-order valence-corrected chi connectivity index (χ2v) is 7.23. The third kappa shape index (κ3) is 4.26. The molecule has 1 atom stereocenters. The summed E-state index contributed by atoms with van der Waals surface area (Å²) in [5, 5.41) is 0. The summed E-state index contributed by atoms with van der Waals surface area (Å²) in [5.41, 5.74) is 0.491. The lowest BCUT2D eigenvalue weighted by Crippen LogP contribution is -2.55. The normalized spacial score (nSPS) is 21.0. The van der Waals surface area contributed by atoms with E-state index >= 15 is 0 Å². The van der Waals surface area contributed by atoms with Gasteiger partial charge in [0.2, 0.25) is 0 Å². The van der Waals surface area contributed by atoms with Crippen molar-refractivity contribution in [3.63, 3.8) is 0 Å². The SMILES string of the molecule is CC(C)N(C)CCC(C)N1CC(C(C)(C)C)C1. The second-order valence-electron chi connectivity index (χ2n) is 7.23. The van der Waals surface area contributed by atoms with Crippen LogP contribution in [0.1, 0.15) is 48.0 Å². The van der Waals surface area contributed by atoms with E-state index in [1.54, 1.807) is 0 Å². The van der Waals surface area contributed by atoms with E-state index in [1.165, 1.54) is 26.1 Å². The minimum atomic E-state index is 0.491. The van der Waals surface area contributed by atoms with Gasteiger partial charge in [-0.1, -0.05) is 20.8 Å². The summed E-state index contributed by atoms with van der Waals surface area (Å²) < 4.78 is 0. The van der Waals surface area contributed by atoms with E-state index in [9.17, 15) is 0 Å². The number of hydrogen-bond donors (Lipinski definition) is 0. The molecule has 0 radical (unpaired) electrons. The Labute approximate surface area is 108 Å². The van der Waals surface area contributed by atoms with Gasteiger partial charge in [0.05, 0.1) is 0 Å². The molecular weight excluding hydrogens is 208 g/mol. The summed E-state index contributed by atoms with van der Waals surface area (Å²) in [4.78, 5) is 5.08. The van der Waals surface area contributed by atoms with Gasteiger partial charge >= 0.3 is 0 Å². The number of nitrogens with zero attached hydrogens (tertiary/aromatic N) is 2. The van der Waals surface area contributed by atoms with Crippen LogP contribution in [0, 0.1) is 11.3 Å². The Hall–Kier alpha value is -0.0800. The maximum atomic E-state index is 2.64.